The summed E-state index contributed by atoms with van der Waals surface area (Å²) in [4.78, 5) is 12.9. The van der Waals surface area contributed by atoms with E-state index < -0.39 is 49.5 Å². The Kier molecular flexibility index (Phi) is 37.1. The largest absolute Gasteiger partial charge is 0.394 e. The van der Waals surface area contributed by atoms with Gasteiger partial charge in [-0.15, -0.1) is 0 Å². The maximum atomic E-state index is 12.9. The molecule has 0 spiro atoms. The highest BCUT2D eigenvalue weighted by atomic mass is 16.7. The number of nitrogens with one attached hydrogen (secondary N) is 1. The summed E-state index contributed by atoms with van der Waals surface area (Å²) < 4.78 is 11.2. The van der Waals surface area contributed by atoms with Crippen LogP contribution in [0, 0.1) is 0 Å². The Morgan fingerprint density at radius 2 is 0.983 bits per heavy atom. The van der Waals surface area contributed by atoms with Gasteiger partial charge >= 0.3 is 0 Å². The van der Waals surface area contributed by atoms with E-state index in [0.717, 1.165) is 51.4 Å². The number of carbonyl (C=O) groups is 1. The van der Waals surface area contributed by atoms with Crippen molar-refractivity contribution in [3.8, 4) is 0 Å². The van der Waals surface area contributed by atoms with Crippen molar-refractivity contribution in [2.45, 2.75) is 256 Å². The lowest BCUT2D eigenvalue weighted by Gasteiger charge is -2.40. The summed E-state index contributed by atoms with van der Waals surface area (Å²) >= 11 is 0. The summed E-state index contributed by atoms with van der Waals surface area (Å²) in [5, 5.41) is 54.2. The first-order valence-electron chi connectivity index (χ1n) is 24.2. The first-order chi connectivity index (χ1) is 28.3. The first-order valence-corrected chi connectivity index (χ1v) is 24.2. The van der Waals surface area contributed by atoms with Gasteiger partial charge in [-0.25, -0.2) is 0 Å². The lowest BCUT2D eigenvalue weighted by atomic mass is 9.99. The van der Waals surface area contributed by atoms with Crippen molar-refractivity contribution in [3.63, 3.8) is 0 Å². The molecule has 0 aromatic rings. The van der Waals surface area contributed by atoms with Crippen LogP contribution in [0.1, 0.15) is 213 Å². The molecular formula is C49H91NO8. The van der Waals surface area contributed by atoms with Gasteiger partial charge in [0.25, 0.3) is 0 Å². The highest BCUT2D eigenvalue weighted by Gasteiger charge is 2.44. The molecule has 1 fully saturated rings. The molecule has 1 heterocycles. The van der Waals surface area contributed by atoms with E-state index in [1.807, 2.05) is 6.08 Å². The minimum Gasteiger partial charge on any atom is -0.394 e. The fourth-order valence-electron chi connectivity index (χ4n) is 7.52. The third-order valence-electron chi connectivity index (χ3n) is 11.4. The molecule has 1 aliphatic heterocycles. The minimum absolute atomic E-state index is 0.203. The fraction of sp³-hybridized carbons (Fsp3) is 0.857. The van der Waals surface area contributed by atoms with Gasteiger partial charge in [-0.1, -0.05) is 185 Å². The maximum Gasteiger partial charge on any atom is 0.220 e. The predicted octanol–water partition coefficient (Wildman–Crippen LogP) is 10.5. The van der Waals surface area contributed by atoms with Crippen molar-refractivity contribution in [3.05, 3.63) is 36.5 Å². The number of hydrogen-bond acceptors (Lipinski definition) is 8. The number of aliphatic hydroxyl groups is 5. The van der Waals surface area contributed by atoms with Crippen LogP contribution in [0.5, 0.6) is 0 Å². The minimum atomic E-state index is -1.57. The zero-order chi connectivity index (χ0) is 42.3. The lowest BCUT2D eigenvalue weighted by molar-refractivity contribution is -0.302. The van der Waals surface area contributed by atoms with Gasteiger partial charge in [-0.05, 0) is 57.8 Å². The van der Waals surface area contributed by atoms with Crippen LogP contribution in [-0.4, -0.2) is 87.5 Å². The average Bonchev–Trinajstić information content (AvgIpc) is 3.22. The topological polar surface area (TPSA) is 149 Å². The van der Waals surface area contributed by atoms with E-state index >= 15 is 0 Å². The zero-order valence-corrected chi connectivity index (χ0v) is 37.3. The fourth-order valence-corrected chi connectivity index (χ4v) is 7.52. The summed E-state index contributed by atoms with van der Waals surface area (Å²) in [5.41, 5.74) is 0. The molecule has 9 nitrogen and oxygen atoms in total. The zero-order valence-electron chi connectivity index (χ0n) is 37.3. The van der Waals surface area contributed by atoms with E-state index in [4.69, 9.17) is 9.47 Å². The number of ether oxygens (including phenoxy) is 2. The van der Waals surface area contributed by atoms with Gasteiger partial charge < -0.3 is 40.3 Å². The molecule has 1 saturated heterocycles. The third kappa shape index (κ3) is 29.6. The molecule has 7 atom stereocenters. The van der Waals surface area contributed by atoms with Crippen molar-refractivity contribution < 1.29 is 39.8 Å². The Morgan fingerprint density at radius 3 is 1.45 bits per heavy atom. The van der Waals surface area contributed by atoms with Crippen molar-refractivity contribution in [2.75, 3.05) is 13.2 Å². The van der Waals surface area contributed by atoms with E-state index in [1.54, 1.807) is 6.08 Å². The number of rotatable bonds is 40. The Morgan fingerprint density at radius 1 is 0.569 bits per heavy atom. The highest BCUT2D eigenvalue weighted by molar-refractivity contribution is 5.76. The van der Waals surface area contributed by atoms with Crippen LogP contribution in [0.2, 0.25) is 0 Å². The molecule has 6 N–H and O–H groups in total. The van der Waals surface area contributed by atoms with Gasteiger partial charge in [0.15, 0.2) is 6.29 Å². The van der Waals surface area contributed by atoms with Crippen LogP contribution in [0.3, 0.4) is 0 Å². The van der Waals surface area contributed by atoms with Crippen molar-refractivity contribution >= 4 is 5.91 Å². The van der Waals surface area contributed by atoms with Crippen LogP contribution < -0.4 is 5.32 Å². The van der Waals surface area contributed by atoms with E-state index in [-0.39, 0.29) is 12.5 Å². The quantitative estimate of drug-likeness (QED) is 0.0264. The molecular weight excluding hydrogens is 731 g/mol. The van der Waals surface area contributed by atoms with E-state index in [1.165, 1.54) is 141 Å². The highest BCUT2D eigenvalue weighted by Crippen LogP contribution is 2.22. The molecule has 9 heteroatoms. The van der Waals surface area contributed by atoms with Gasteiger partial charge in [-0.3, -0.25) is 4.79 Å². The van der Waals surface area contributed by atoms with Crippen molar-refractivity contribution in [1.29, 1.82) is 0 Å². The number of hydrogen-bond donors (Lipinski definition) is 6. The number of aliphatic hydroxyl groups excluding tert-OH is 5. The Hall–Kier alpha value is -1.59. The number of amides is 1. The smallest absolute Gasteiger partial charge is 0.220 e. The normalized spacial score (nSPS) is 21.1. The Balaban J connectivity index is 2.34. The molecule has 1 rings (SSSR count). The van der Waals surface area contributed by atoms with E-state index in [9.17, 15) is 30.3 Å². The van der Waals surface area contributed by atoms with Crippen molar-refractivity contribution in [2.24, 2.45) is 0 Å². The van der Waals surface area contributed by atoms with Crippen LogP contribution in [0.15, 0.2) is 36.5 Å². The number of unbranched alkanes of at least 4 members (excludes halogenated alkanes) is 26. The molecule has 58 heavy (non-hydrogen) atoms. The Bertz CT molecular complexity index is 1000. The second-order valence-electron chi connectivity index (χ2n) is 16.9. The van der Waals surface area contributed by atoms with Gasteiger partial charge in [0.05, 0.1) is 25.4 Å². The van der Waals surface area contributed by atoms with Crippen LogP contribution in [0.25, 0.3) is 0 Å². The molecule has 0 aliphatic carbocycles. The molecule has 0 bridgehead atoms. The lowest BCUT2D eigenvalue weighted by Crippen LogP contribution is -2.60. The summed E-state index contributed by atoms with van der Waals surface area (Å²) in [5.74, 6) is -0.203. The average molecular weight is 822 g/mol. The molecule has 0 saturated carbocycles. The van der Waals surface area contributed by atoms with Gasteiger partial charge in [0, 0.05) is 6.42 Å². The second kappa shape index (κ2) is 39.5. The van der Waals surface area contributed by atoms with Crippen LogP contribution >= 0.6 is 0 Å². The van der Waals surface area contributed by atoms with Crippen molar-refractivity contribution in [1.82, 2.24) is 5.32 Å². The van der Waals surface area contributed by atoms with Gasteiger partial charge in [0.1, 0.15) is 24.4 Å². The maximum absolute atomic E-state index is 12.9. The molecule has 0 aromatic heterocycles. The van der Waals surface area contributed by atoms with Crippen LogP contribution in [-0.2, 0) is 14.3 Å². The molecule has 1 amide bonds. The summed E-state index contributed by atoms with van der Waals surface area (Å²) in [6.45, 7) is 3.74. The summed E-state index contributed by atoms with van der Waals surface area (Å²) in [6.07, 6.45) is 42.0. The van der Waals surface area contributed by atoms with Crippen LogP contribution in [0.4, 0.5) is 0 Å². The van der Waals surface area contributed by atoms with Gasteiger partial charge in [-0.2, -0.15) is 0 Å². The van der Waals surface area contributed by atoms with Gasteiger partial charge in [0.2, 0.25) is 5.91 Å². The predicted molar refractivity (Wildman–Crippen MR) is 240 cm³/mol. The monoisotopic (exact) mass is 822 g/mol. The van der Waals surface area contributed by atoms with E-state index in [0.29, 0.717) is 6.42 Å². The summed E-state index contributed by atoms with van der Waals surface area (Å²) in [7, 11) is 0. The SMILES string of the molecule is CCCCCCCC/C=C\CCCCCC(=O)NC(COC1OC(CO)C(O)C(O)C1O)C(O)/C=C/CC/C=C/CCCCCCCCCCCCCCCCCC. The molecule has 0 radical (unpaired) electrons. The number of carbonyl (C=O) groups excluding carboxylic acids is 1. The van der Waals surface area contributed by atoms with E-state index in [2.05, 4.69) is 43.5 Å². The molecule has 0 aromatic carbocycles. The first kappa shape index (κ1) is 54.4. The molecule has 7 unspecified atom stereocenters. The summed E-state index contributed by atoms with van der Waals surface area (Å²) in [6, 6.07) is -0.827. The third-order valence-corrected chi connectivity index (χ3v) is 11.4. The molecule has 1 aliphatic rings. The Labute approximate surface area is 355 Å². The second-order valence-corrected chi connectivity index (χ2v) is 16.9. The standard InChI is InChI=1S/C49H91NO8/c1-3-5-7-9-11-13-15-17-18-19-20-21-22-23-24-25-27-28-30-32-34-36-38-43(52)42(41-57-49-48(56)47(55)46(54)44(40-51)58-49)50-45(53)39-37-35-33-31-29-26-16-14-12-10-8-6-4-2/h26,28-30,36,38,42-44,46-49,51-52,54-56H,3-25,27,31-35,37,39-41H2,1-2H3,(H,50,53)/b29-26-,30-28+,38-36+. The molecule has 340 valence electrons. The number of allylic oxidation sites excluding steroid dienone is 5.